The fraction of sp³-hybridized carbons (Fsp3) is 0. The molecule has 0 aliphatic rings. The number of benzene rings is 3. The second-order valence-electron chi connectivity index (χ2n) is 4.71. The zero-order valence-corrected chi connectivity index (χ0v) is 13.3. The predicted octanol–water partition coefficient (Wildman–Crippen LogP) is 5.07. The normalized spacial score (nSPS) is 10.8. The third kappa shape index (κ3) is 2.55. The van der Waals surface area contributed by atoms with Crippen LogP contribution in [0.1, 0.15) is 15.9 Å². The lowest BCUT2D eigenvalue weighted by Gasteiger charge is -2.08. The number of anilines is 1. The Balaban J connectivity index is 2.18. The number of nitrogens with two attached hydrogens (primary N) is 1. The van der Waals surface area contributed by atoms with Gasteiger partial charge in [0.2, 0.25) is 0 Å². The van der Waals surface area contributed by atoms with Crippen LogP contribution in [0.15, 0.2) is 59.1 Å². The van der Waals surface area contributed by atoms with Crippen molar-refractivity contribution in [2.24, 2.45) is 0 Å². The highest BCUT2D eigenvalue weighted by molar-refractivity contribution is 9.10. The van der Waals surface area contributed by atoms with Crippen molar-refractivity contribution < 1.29 is 4.79 Å². The van der Waals surface area contributed by atoms with E-state index < -0.39 is 0 Å². The van der Waals surface area contributed by atoms with Gasteiger partial charge in [-0.1, -0.05) is 51.8 Å². The molecule has 0 fully saturated rings. The van der Waals surface area contributed by atoms with Crippen LogP contribution in [-0.2, 0) is 0 Å². The average molecular weight is 361 g/mol. The first-order valence-corrected chi connectivity index (χ1v) is 7.52. The van der Waals surface area contributed by atoms with Crippen LogP contribution in [0.3, 0.4) is 0 Å². The molecule has 104 valence electrons. The summed E-state index contributed by atoms with van der Waals surface area (Å²) in [4.78, 5) is 12.7. The first-order chi connectivity index (χ1) is 10.1. The fourth-order valence-electron chi connectivity index (χ4n) is 2.28. The van der Waals surface area contributed by atoms with Crippen LogP contribution < -0.4 is 5.73 Å². The Labute approximate surface area is 135 Å². The maximum Gasteiger partial charge on any atom is 0.193 e. The van der Waals surface area contributed by atoms with Crippen molar-refractivity contribution in [3.05, 3.63) is 75.2 Å². The Morgan fingerprint density at radius 2 is 1.71 bits per heavy atom. The lowest BCUT2D eigenvalue weighted by Crippen LogP contribution is -2.03. The van der Waals surface area contributed by atoms with Crippen molar-refractivity contribution in [1.29, 1.82) is 0 Å². The van der Waals surface area contributed by atoms with E-state index in [1.165, 1.54) is 0 Å². The van der Waals surface area contributed by atoms with E-state index in [9.17, 15) is 4.79 Å². The van der Waals surface area contributed by atoms with E-state index in [4.69, 9.17) is 17.3 Å². The van der Waals surface area contributed by atoms with Crippen molar-refractivity contribution in [1.82, 2.24) is 0 Å². The lowest BCUT2D eigenvalue weighted by molar-refractivity contribution is 0.104. The third-order valence-electron chi connectivity index (χ3n) is 3.38. The van der Waals surface area contributed by atoms with Crippen LogP contribution in [0, 0.1) is 0 Å². The molecule has 3 aromatic carbocycles. The van der Waals surface area contributed by atoms with Gasteiger partial charge < -0.3 is 5.73 Å². The number of rotatable bonds is 2. The second-order valence-corrected chi connectivity index (χ2v) is 5.97. The quantitative estimate of drug-likeness (QED) is 0.512. The molecule has 3 aromatic rings. The van der Waals surface area contributed by atoms with E-state index in [2.05, 4.69) is 15.9 Å². The second kappa shape index (κ2) is 5.51. The Morgan fingerprint density at radius 3 is 2.43 bits per heavy atom. The zero-order chi connectivity index (χ0) is 15.0. The van der Waals surface area contributed by atoms with Gasteiger partial charge in [-0.25, -0.2) is 0 Å². The molecule has 0 aliphatic carbocycles. The summed E-state index contributed by atoms with van der Waals surface area (Å²) in [6.45, 7) is 0. The molecule has 0 radical (unpaired) electrons. The monoisotopic (exact) mass is 359 g/mol. The van der Waals surface area contributed by atoms with E-state index in [-0.39, 0.29) is 5.78 Å². The lowest BCUT2D eigenvalue weighted by atomic mass is 9.97. The summed E-state index contributed by atoms with van der Waals surface area (Å²) >= 11 is 9.51. The Morgan fingerprint density at radius 1 is 1.00 bits per heavy atom. The van der Waals surface area contributed by atoms with Crippen LogP contribution in [0.25, 0.3) is 10.8 Å². The highest BCUT2D eigenvalue weighted by Gasteiger charge is 2.14. The third-order valence-corrected chi connectivity index (χ3v) is 4.40. The van der Waals surface area contributed by atoms with Crippen molar-refractivity contribution in [2.75, 3.05) is 5.73 Å². The highest BCUT2D eigenvalue weighted by atomic mass is 79.9. The van der Waals surface area contributed by atoms with Gasteiger partial charge in [0.25, 0.3) is 0 Å². The number of fused-ring (bicyclic) bond motifs is 1. The SMILES string of the molecule is Nc1ccc(C(=O)c2ccc(Br)c3ccccc23)cc1Cl. The molecule has 0 aliphatic heterocycles. The predicted molar refractivity (Wildman–Crippen MR) is 90.9 cm³/mol. The number of halogens is 2. The number of carbonyl (C=O) groups excluding carboxylic acids is 1. The maximum absolute atomic E-state index is 12.7. The van der Waals surface area contributed by atoms with Crippen molar-refractivity contribution in [3.8, 4) is 0 Å². The molecule has 4 heteroatoms. The molecule has 3 rings (SSSR count). The van der Waals surface area contributed by atoms with Crippen LogP contribution in [-0.4, -0.2) is 5.78 Å². The van der Waals surface area contributed by atoms with Crippen LogP contribution in [0.5, 0.6) is 0 Å². The summed E-state index contributed by atoms with van der Waals surface area (Å²) in [5.41, 5.74) is 7.33. The molecule has 0 amide bonds. The van der Waals surface area contributed by atoms with E-state index in [0.29, 0.717) is 21.8 Å². The van der Waals surface area contributed by atoms with Crippen molar-refractivity contribution >= 4 is 49.8 Å². The first kappa shape index (κ1) is 14.1. The van der Waals surface area contributed by atoms with Gasteiger partial charge in [-0.15, -0.1) is 0 Å². The molecule has 0 heterocycles. The summed E-state index contributed by atoms with van der Waals surface area (Å²) < 4.78 is 0.963. The molecule has 0 aromatic heterocycles. The summed E-state index contributed by atoms with van der Waals surface area (Å²) in [6.07, 6.45) is 0. The van der Waals surface area contributed by atoms with Gasteiger partial charge in [-0.05, 0) is 41.1 Å². The van der Waals surface area contributed by atoms with Crippen LogP contribution in [0.2, 0.25) is 5.02 Å². The van der Waals surface area contributed by atoms with Crippen LogP contribution in [0.4, 0.5) is 5.69 Å². The van der Waals surface area contributed by atoms with E-state index in [1.54, 1.807) is 18.2 Å². The molecular weight excluding hydrogens is 350 g/mol. The smallest absolute Gasteiger partial charge is 0.193 e. The van der Waals surface area contributed by atoms with Gasteiger partial charge >= 0.3 is 0 Å². The Bertz CT molecular complexity index is 861. The van der Waals surface area contributed by atoms with Gasteiger partial charge in [0, 0.05) is 15.6 Å². The maximum atomic E-state index is 12.7. The molecule has 0 unspecified atom stereocenters. The molecule has 2 N–H and O–H groups in total. The van der Waals surface area contributed by atoms with Crippen molar-refractivity contribution in [3.63, 3.8) is 0 Å². The fourth-order valence-corrected chi connectivity index (χ4v) is 2.94. The Kier molecular flexibility index (Phi) is 3.70. The molecule has 0 atom stereocenters. The molecule has 2 nitrogen and oxygen atoms in total. The van der Waals surface area contributed by atoms with Gasteiger partial charge in [0.15, 0.2) is 5.78 Å². The molecule has 0 saturated carbocycles. The summed E-state index contributed by atoms with van der Waals surface area (Å²) in [6, 6.07) is 16.4. The Hall–Kier alpha value is -1.84. The molecule has 0 spiro atoms. The van der Waals surface area contributed by atoms with Gasteiger partial charge in [-0.3, -0.25) is 4.79 Å². The van der Waals surface area contributed by atoms with E-state index >= 15 is 0 Å². The zero-order valence-electron chi connectivity index (χ0n) is 10.9. The minimum Gasteiger partial charge on any atom is -0.398 e. The average Bonchev–Trinajstić information content (AvgIpc) is 2.50. The molecule has 0 bridgehead atoms. The first-order valence-electron chi connectivity index (χ1n) is 6.35. The summed E-state index contributed by atoms with van der Waals surface area (Å²) in [7, 11) is 0. The van der Waals surface area contributed by atoms with Gasteiger partial charge in [-0.2, -0.15) is 0 Å². The standard InChI is InChI=1S/C17H11BrClNO/c18-14-7-6-13(11-3-1-2-4-12(11)14)17(21)10-5-8-16(20)15(19)9-10/h1-9H,20H2. The van der Waals surface area contributed by atoms with E-state index in [0.717, 1.165) is 15.2 Å². The van der Waals surface area contributed by atoms with E-state index in [1.807, 2.05) is 36.4 Å². The summed E-state index contributed by atoms with van der Waals surface area (Å²) in [5.74, 6) is -0.0689. The summed E-state index contributed by atoms with van der Waals surface area (Å²) in [5, 5.41) is 2.30. The van der Waals surface area contributed by atoms with Gasteiger partial charge in [0.05, 0.1) is 10.7 Å². The van der Waals surface area contributed by atoms with Crippen LogP contribution >= 0.6 is 27.5 Å². The minimum absolute atomic E-state index is 0.0689. The number of nitrogen functional groups attached to an aromatic ring is 1. The number of ketones is 1. The largest absolute Gasteiger partial charge is 0.398 e. The molecular formula is C17H11BrClNO. The highest BCUT2D eigenvalue weighted by Crippen LogP contribution is 2.29. The number of hydrogen-bond donors (Lipinski definition) is 1. The number of carbonyl (C=O) groups is 1. The number of hydrogen-bond acceptors (Lipinski definition) is 2. The molecule has 21 heavy (non-hydrogen) atoms. The minimum atomic E-state index is -0.0689. The molecule has 0 saturated heterocycles. The van der Waals surface area contributed by atoms with Crippen molar-refractivity contribution in [2.45, 2.75) is 0 Å². The topological polar surface area (TPSA) is 43.1 Å². The van der Waals surface area contributed by atoms with Gasteiger partial charge in [0.1, 0.15) is 0 Å².